The normalized spacial score (nSPS) is 19.4. The molecule has 1 unspecified atom stereocenters. The van der Waals surface area contributed by atoms with E-state index in [0.29, 0.717) is 5.92 Å². The van der Waals surface area contributed by atoms with E-state index in [1.54, 1.807) is 0 Å². The molecule has 1 N–H and O–H groups in total. The molecule has 0 radical (unpaired) electrons. The first-order valence-corrected chi connectivity index (χ1v) is 6.67. The van der Waals surface area contributed by atoms with Crippen LogP contribution in [0.4, 0.5) is 0 Å². The van der Waals surface area contributed by atoms with Gasteiger partial charge in [0.25, 0.3) is 0 Å². The summed E-state index contributed by atoms with van der Waals surface area (Å²) >= 11 is 0. The van der Waals surface area contributed by atoms with Crippen LogP contribution in [0.25, 0.3) is 0 Å². The maximum Gasteiger partial charge on any atom is 0.128 e. The number of nitrogens with one attached hydrogen (secondary N) is 1. The molecule has 3 heteroatoms. The van der Waals surface area contributed by atoms with Crippen LogP contribution in [-0.4, -0.2) is 23.6 Å². The standard InChI is InChI=1S/C14H23N3/c1-10(2)6-14-16-9-12-7-11(8-15-3)4-5-13(12)17-14/h9-11,15H,4-8H2,1-3H3. The minimum atomic E-state index is 0.633. The van der Waals surface area contributed by atoms with Crippen molar-refractivity contribution in [2.75, 3.05) is 13.6 Å². The van der Waals surface area contributed by atoms with Gasteiger partial charge in [-0.2, -0.15) is 0 Å². The van der Waals surface area contributed by atoms with Crippen LogP contribution in [0.2, 0.25) is 0 Å². The minimum Gasteiger partial charge on any atom is -0.319 e. The first-order chi connectivity index (χ1) is 8.19. The molecule has 0 aromatic carbocycles. The van der Waals surface area contributed by atoms with Gasteiger partial charge in [0, 0.05) is 18.3 Å². The van der Waals surface area contributed by atoms with E-state index in [1.165, 1.54) is 17.7 Å². The molecule has 0 saturated carbocycles. The Bertz CT molecular complexity index is 374. The number of rotatable bonds is 4. The van der Waals surface area contributed by atoms with Crippen molar-refractivity contribution in [3.63, 3.8) is 0 Å². The lowest BCUT2D eigenvalue weighted by Crippen LogP contribution is -2.25. The molecule has 17 heavy (non-hydrogen) atoms. The fraction of sp³-hybridized carbons (Fsp3) is 0.714. The zero-order valence-electron chi connectivity index (χ0n) is 11.2. The van der Waals surface area contributed by atoms with Crippen molar-refractivity contribution in [1.82, 2.24) is 15.3 Å². The molecule has 0 amide bonds. The van der Waals surface area contributed by atoms with Crippen molar-refractivity contribution >= 4 is 0 Å². The molecular formula is C14H23N3. The predicted octanol–water partition coefficient (Wildman–Crippen LogP) is 2.00. The second kappa shape index (κ2) is 5.58. The van der Waals surface area contributed by atoms with Crippen LogP contribution < -0.4 is 5.32 Å². The zero-order chi connectivity index (χ0) is 12.3. The Morgan fingerprint density at radius 1 is 1.47 bits per heavy atom. The molecule has 1 heterocycles. The van der Waals surface area contributed by atoms with E-state index >= 15 is 0 Å². The summed E-state index contributed by atoms with van der Waals surface area (Å²) in [6.07, 6.45) is 6.56. The summed E-state index contributed by atoms with van der Waals surface area (Å²) in [6, 6.07) is 0. The highest BCUT2D eigenvalue weighted by molar-refractivity contribution is 5.21. The van der Waals surface area contributed by atoms with Gasteiger partial charge in [-0.1, -0.05) is 13.8 Å². The van der Waals surface area contributed by atoms with Gasteiger partial charge in [-0.05, 0) is 50.3 Å². The van der Waals surface area contributed by atoms with Crippen LogP contribution in [0.3, 0.4) is 0 Å². The largest absolute Gasteiger partial charge is 0.319 e. The van der Waals surface area contributed by atoms with E-state index in [-0.39, 0.29) is 0 Å². The van der Waals surface area contributed by atoms with E-state index in [2.05, 4.69) is 30.3 Å². The number of nitrogens with zero attached hydrogens (tertiary/aromatic N) is 2. The summed E-state index contributed by atoms with van der Waals surface area (Å²) in [5, 5.41) is 3.26. The van der Waals surface area contributed by atoms with E-state index < -0.39 is 0 Å². The van der Waals surface area contributed by atoms with Gasteiger partial charge in [0.1, 0.15) is 5.82 Å². The third-order valence-corrected chi connectivity index (χ3v) is 3.39. The molecule has 1 aromatic heterocycles. The van der Waals surface area contributed by atoms with E-state index in [4.69, 9.17) is 4.98 Å². The van der Waals surface area contributed by atoms with E-state index in [9.17, 15) is 0 Å². The van der Waals surface area contributed by atoms with Gasteiger partial charge < -0.3 is 5.32 Å². The monoisotopic (exact) mass is 233 g/mol. The molecule has 2 rings (SSSR count). The molecule has 0 fully saturated rings. The topological polar surface area (TPSA) is 37.8 Å². The maximum atomic E-state index is 4.72. The Balaban J connectivity index is 2.08. The highest BCUT2D eigenvalue weighted by atomic mass is 14.9. The average Bonchev–Trinajstić information content (AvgIpc) is 2.29. The quantitative estimate of drug-likeness (QED) is 0.864. The predicted molar refractivity (Wildman–Crippen MR) is 70.0 cm³/mol. The van der Waals surface area contributed by atoms with Gasteiger partial charge in [0.15, 0.2) is 0 Å². The first kappa shape index (κ1) is 12.5. The third kappa shape index (κ3) is 3.25. The van der Waals surface area contributed by atoms with Crippen molar-refractivity contribution in [3.05, 3.63) is 23.3 Å². The van der Waals surface area contributed by atoms with Gasteiger partial charge in [-0.15, -0.1) is 0 Å². The molecule has 0 aliphatic heterocycles. The Labute approximate surface area is 104 Å². The molecule has 0 saturated heterocycles. The van der Waals surface area contributed by atoms with Crippen molar-refractivity contribution in [2.45, 2.75) is 39.5 Å². The van der Waals surface area contributed by atoms with Crippen molar-refractivity contribution in [3.8, 4) is 0 Å². The van der Waals surface area contributed by atoms with Crippen molar-refractivity contribution in [1.29, 1.82) is 0 Å². The molecule has 0 bridgehead atoms. The number of fused-ring (bicyclic) bond motifs is 1. The smallest absolute Gasteiger partial charge is 0.128 e. The van der Waals surface area contributed by atoms with Gasteiger partial charge in [-0.25, -0.2) is 9.97 Å². The second-order valence-corrected chi connectivity index (χ2v) is 5.52. The molecule has 0 spiro atoms. The summed E-state index contributed by atoms with van der Waals surface area (Å²) in [5.41, 5.74) is 2.66. The summed E-state index contributed by atoms with van der Waals surface area (Å²) in [7, 11) is 2.03. The lowest BCUT2D eigenvalue weighted by molar-refractivity contribution is 0.432. The van der Waals surface area contributed by atoms with Crippen LogP contribution in [0.5, 0.6) is 0 Å². The van der Waals surface area contributed by atoms with Gasteiger partial charge in [-0.3, -0.25) is 0 Å². The molecule has 94 valence electrons. The summed E-state index contributed by atoms with van der Waals surface area (Å²) in [6.45, 7) is 5.53. The fourth-order valence-electron chi connectivity index (χ4n) is 2.55. The van der Waals surface area contributed by atoms with Crippen molar-refractivity contribution in [2.24, 2.45) is 11.8 Å². The SMILES string of the molecule is CNCC1CCc2nc(CC(C)C)ncc2C1. The fourth-order valence-corrected chi connectivity index (χ4v) is 2.55. The Hall–Kier alpha value is -0.960. The van der Waals surface area contributed by atoms with Crippen LogP contribution in [0.15, 0.2) is 6.20 Å². The number of hydrogen-bond acceptors (Lipinski definition) is 3. The second-order valence-electron chi connectivity index (χ2n) is 5.52. The molecule has 1 aromatic rings. The highest BCUT2D eigenvalue weighted by Crippen LogP contribution is 2.23. The first-order valence-electron chi connectivity index (χ1n) is 6.67. The van der Waals surface area contributed by atoms with Gasteiger partial charge >= 0.3 is 0 Å². The Morgan fingerprint density at radius 3 is 3.00 bits per heavy atom. The third-order valence-electron chi connectivity index (χ3n) is 3.39. The molecule has 1 aliphatic carbocycles. The Kier molecular flexibility index (Phi) is 4.11. The van der Waals surface area contributed by atoms with Crippen LogP contribution in [0.1, 0.15) is 37.4 Å². The summed E-state index contributed by atoms with van der Waals surface area (Å²) < 4.78 is 0. The molecular weight excluding hydrogens is 210 g/mol. The number of aromatic nitrogens is 2. The number of aryl methyl sites for hydroxylation is 1. The van der Waals surface area contributed by atoms with Gasteiger partial charge in [0.2, 0.25) is 0 Å². The van der Waals surface area contributed by atoms with Crippen LogP contribution in [0, 0.1) is 11.8 Å². The van der Waals surface area contributed by atoms with E-state index in [1.807, 2.05) is 7.05 Å². The zero-order valence-corrected chi connectivity index (χ0v) is 11.2. The summed E-state index contributed by atoms with van der Waals surface area (Å²) in [5.74, 6) is 2.41. The highest BCUT2D eigenvalue weighted by Gasteiger charge is 2.19. The Morgan fingerprint density at radius 2 is 2.29 bits per heavy atom. The molecule has 3 nitrogen and oxygen atoms in total. The lowest BCUT2D eigenvalue weighted by Gasteiger charge is -2.23. The lowest BCUT2D eigenvalue weighted by atomic mass is 9.87. The number of hydrogen-bond donors (Lipinski definition) is 1. The van der Waals surface area contributed by atoms with Gasteiger partial charge in [0.05, 0.1) is 0 Å². The summed E-state index contributed by atoms with van der Waals surface area (Å²) in [4.78, 5) is 9.21. The minimum absolute atomic E-state index is 0.633. The van der Waals surface area contributed by atoms with Crippen LogP contribution >= 0.6 is 0 Å². The van der Waals surface area contributed by atoms with Crippen molar-refractivity contribution < 1.29 is 0 Å². The van der Waals surface area contributed by atoms with Crippen LogP contribution in [-0.2, 0) is 19.3 Å². The maximum absolute atomic E-state index is 4.72. The molecule has 1 aliphatic rings. The van der Waals surface area contributed by atoms with E-state index in [0.717, 1.165) is 37.5 Å². The average molecular weight is 233 g/mol. The molecule has 1 atom stereocenters.